The van der Waals surface area contributed by atoms with Crippen LogP contribution in [0.1, 0.15) is 17.7 Å². The predicted octanol–water partition coefficient (Wildman–Crippen LogP) is 1.81. The van der Waals surface area contributed by atoms with Crippen LogP contribution in [0.2, 0.25) is 0 Å². The van der Waals surface area contributed by atoms with Gasteiger partial charge in [-0.3, -0.25) is 14.6 Å². The summed E-state index contributed by atoms with van der Waals surface area (Å²) in [4.78, 5) is 30.5. The number of rotatable bonds is 6. The zero-order valence-corrected chi connectivity index (χ0v) is 14.3. The number of carbonyl (C=O) groups is 2. The molecule has 130 valence electrons. The van der Waals surface area contributed by atoms with Crippen molar-refractivity contribution < 1.29 is 14.7 Å². The molecule has 1 aromatic heterocycles. The second-order valence-corrected chi connectivity index (χ2v) is 6.51. The molecule has 1 heterocycles. The van der Waals surface area contributed by atoms with Gasteiger partial charge in [0.15, 0.2) is 0 Å². The minimum absolute atomic E-state index is 0.261. The first kappa shape index (κ1) is 17.0. The third-order valence-electron chi connectivity index (χ3n) is 4.70. The smallest absolute Gasteiger partial charge is 0.307 e. The Bertz CT molecular complexity index is 792. The van der Waals surface area contributed by atoms with E-state index in [0.717, 1.165) is 16.9 Å². The Labute approximate surface area is 146 Å². The van der Waals surface area contributed by atoms with Gasteiger partial charge in [-0.05, 0) is 24.1 Å². The number of benzene rings is 1. The van der Waals surface area contributed by atoms with E-state index in [-0.39, 0.29) is 12.5 Å². The molecule has 0 aliphatic heterocycles. The Morgan fingerprint density at radius 1 is 1.28 bits per heavy atom. The number of amides is 1. The zero-order chi connectivity index (χ0) is 18.0. The molecule has 1 aliphatic rings. The van der Waals surface area contributed by atoms with Crippen molar-refractivity contribution in [3.8, 4) is 0 Å². The fourth-order valence-corrected chi connectivity index (χ4v) is 3.17. The monoisotopic (exact) mass is 339 g/mol. The van der Waals surface area contributed by atoms with Gasteiger partial charge < -0.3 is 15.3 Å². The van der Waals surface area contributed by atoms with Gasteiger partial charge in [0, 0.05) is 26.0 Å². The lowest BCUT2D eigenvalue weighted by Gasteiger charge is -2.17. The molecule has 0 bridgehead atoms. The number of nitrogens with zero attached hydrogens (tertiary/aromatic N) is 2. The summed E-state index contributed by atoms with van der Waals surface area (Å²) in [6.45, 7) is 0.265. The first-order chi connectivity index (χ1) is 11.9. The number of aromatic nitrogens is 1. The number of hydrogen-bond acceptors (Lipinski definition) is 4. The summed E-state index contributed by atoms with van der Waals surface area (Å²) < 4.78 is 0. The minimum Gasteiger partial charge on any atom is -0.481 e. The maximum Gasteiger partial charge on any atom is 0.307 e. The molecule has 2 aromatic rings. The van der Waals surface area contributed by atoms with Gasteiger partial charge in [-0.25, -0.2) is 0 Å². The van der Waals surface area contributed by atoms with E-state index in [1.807, 2.05) is 61.5 Å². The molecule has 3 rings (SSSR count). The molecule has 2 unspecified atom stereocenters. The molecule has 25 heavy (non-hydrogen) atoms. The molecule has 0 radical (unpaired) electrons. The second-order valence-electron chi connectivity index (χ2n) is 6.51. The van der Waals surface area contributed by atoms with Gasteiger partial charge in [-0.2, -0.15) is 0 Å². The van der Waals surface area contributed by atoms with Gasteiger partial charge in [0.2, 0.25) is 5.91 Å². The molecule has 0 spiro atoms. The van der Waals surface area contributed by atoms with Crippen molar-refractivity contribution in [2.75, 3.05) is 19.0 Å². The molecule has 1 amide bonds. The van der Waals surface area contributed by atoms with Crippen molar-refractivity contribution in [2.24, 2.45) is 5.92 Å². The highest BCUT2D eigenvalue weighted by Gasteiger charge is 2.64. The lowest BCUT2D eigenvalue weighted by Crippen LogP contribution is -2.37. The lowest BCUT2D eigenvalue weighted by molar-refractivity contribution is -0.140. The van der Waals surface area contributed by atoms with Crippen LogP contribution in [0.5, 0.6) is 0 Å². The number of hydrogen-bond donors (Lipinski definition) is 2. The molecule has 1 saturated carbocycles. The van der Waals surface area contributed by atoms with Crippen LogP contribution >= 0.6 is 0 Å². The Hall–Kier alpha value is -2.89. The third kappa shape index (κ3) is 3.20. The van der Waals surface area contributed by atoms with Gasteiger partial charge in [-0.1, -0.05) is 30.3 Å². The SMILES string of the molecule is CN(C)c1ccnc(CNC(=O)C2(c3ccccc3)CC2C(=O)O)c1. The molecule has 2 atom stereocenters. The molecule has 6 nitrogen and oxygen atoms in total. The van der Waals surface area contributed by atoms with Crippen LogP contribution in [0.15, 0.2) is 48.7 Å². The Balaban J connectivity index is 1.77. The van der Waals surface area contributed by atoms with E-state index in [0.29, 0.717) is 6.42 Å². The molecule has 1 aliphatic carbocycles. The van der Waals surface area contributed by atoms with Gasteiger partial charge in [0.05, 0.1) is 23.6 Å². The fourth-order valence-electron chi connectivity index (χ4n) is 3.17. The number of carboxylic acids is 1. The van der Waals surface area contributed by atoms with Crippen LogP contribution in [0.4, 0.5) is 5.69 Å². The lowest BCUT2D eigenvalue weighted by atomic mass is 9.92. The highest BCUT2D eigenvalue weighted by Crippen LogP contribution is 2.54. The van der Waals surface area contributed by atoms with E-state index in [1.54, 1.807) is 6.20 Å². The van der Waals surface area contributed by atoms with E-state index in [1.165, 1.54) is 0 Å². The summed E-state index contributed by atoms with van der Waals surface area (Å²) in [6.07, 6.45) is 2.02. The fraction of sp³-hybridized carbons (Fsp3) is 0.316. The Morgan fingerprint density at radius 3 is 2.60 bits per heavy atom. The summed E-state index contributed by atoms with van der Waals surface area (Å²) in [5, 5.41) is 12.3. The summed E-state index contributed by atoms with van der Waals surface area (Å²) in [5.74, 6) is -1.88. The topological polar surface area (TPSA) is 82.5 Å². The predicted molar refractivity (Wildman–Crippen MR) is 94.3 cm³/mol. The molecule has 1 aromatic carbocycles. The number of carboxylic acid groups (broad SMARTS) is 1. The first-order valence-corrected chi connectivity index (χ1v) is 8.14. The van der Waals surface area contributed by atoms with E-state index in [4.69, 9.17) is 0 Å². The van der Waals surface area contributed by atoms with Crippen molar-refractivity contribution in [3.05, 3.63) is 59.9 Å². The van der Waals surface area contributed by atoms with Crippen LogP contribution < -0.4 is 10.2 Å². The normalized spacial score (nSPS) is 21.4. The maximum atomic E-state index is 12.8. The number of anilines is 1. The Morgan fingerprint density at radius 2 is 2.00 bits per heavy atom. The number of carbonyl (C=O) groups excluding carboxylic acids is 1. The first-order valence-electron chi connectivity index (χ1n) is 8.14. The van der Waals surface area contributed by atoms with Crippen molar-refractivity contribution >= 4 is 17.6 Å². The quantitative estimate of drug-likeness (QED) is 0.839. The maximum absolute atomic E-state index is 12.8. The van der Waals surface area contributed by atoms with Gasteiger partial charge in [-0.15, -0.1) is 0 Å². The van der Waals surface area contributed by atoms with E-state index < -0.39 is 17.3 Å². The molecular formula is C19H21N3O3. The number of pyridine rings is 1. The van der Waals surface area contributed by atoms with E-state index >= 15 is 0 Å². The number of nitrogens with one attached hydrogen (secondary N) is 1. The average molecular weight is 339 g/mol. The molecule has 6 heteroatoms. The molecule has 1 fully saturated rings. The van der Waals surface area contributed by atoms with Crippen LogP contribution in [0.3, 0.4) is 0 Å². The van der Waals surface area contributed by atoms with Crippen molar-refractivity contribution in [2.45, 2.75) is 18.4 Å². The highest BCUT2D eigenvalue weighted by molar-refractivity contribution is 5.98. The summed E-state index contributed by atoms with van der Waals surface area (Å²) in [6, 6.07) is 12.9. The van der Waals surface area contributed by atoms with Crippen molar-refractivity contribution in [1.82, 2.24) is 10.3 Å². The summed E-state index contributed by atoms with van der Waals surface area (Å²) >= 11 is 0. The van der Waals surface area contributed by atoms with E-state index in [9.17, 15) is 14.7 Å². The highest BCUT2D eigenvalue weighted by atomic mass is 16.4. The van der Waals surface area contributed by atoms with Gasteiger partial charge in [0.1, 0.15) is 0 Å². The molecule has 0 saturated heterocycles. The largest absolute Gasteiger partial charge is 0.481 e. The average Bonchev–Trinajstić information content (AvgIpc) is 3.38. The van der Waals surface area contributed by atoms with Crippen LogP contribution in [-0.2, 0) is 21.5 Å². The van der Waals surface area contributed by atoms with Crippen molar-refractivity contribution in [3.63, 3.8) is 0 Å². The second kappa shape index (κ2) is 6.55. The van der Waals surface area contributed by atoms with Crippen molar-refractivity contribution in [1.29, 1.82) is 0 Å². The van der Waals surface area contributed by atoms with E-state index in [2.05, 4.69) is 10.3 Å². The number of aliphatic carboxylic acids is 1. The van der Waals surface area contributed by atoms with Gasteiger partial charge >= 0.3 is 5.97 Å². The Kier molecular flexibility index (Phi) is 4.44. The standard InChI is InChI=1S/C19H21N3O3/c1-22(2)15-8-9-20-14(10-15)12-21-18(25)19(11-16(19)17(23)24)13-6-4-3-5-7-13/h3-10,16H,11-12H2,1-2H3,(H,21,25)(H,23,24). The van der Waals surface area contributed by atoms with Crippen LogP contribution in [0, 0.1) is 5.92 Å². The summed E-state index contributed by atoms with van der Waals surface area (Å²) in [5.41, 5.74) is 1.49. The molecule has 2 N–H and O–H groups in total. The third-order valence-corrected chi connectivity index (χ3v) is 4.70. The summed E-state index contributed by atoms with van der Waals surface area (Å²) in [7, 11) is 3.87. The molecular weight excluding hydrogens is 318 g/mol. The van der Waals surface area contributed by atoms with Crippen LogP contribution in [-0.4, -0.2) is 36.1 Å². The zero-order valence-electron chi connectivity index (χ0n) is 14.3. The van der Waals surface area contributed by atoms with Gasteiger partial charge in [0.25, 0.3) is 0 Å². The minimum atomic E-state index is -0.980. The van der Waals surface area contributed by atoms with Crippen LogP contribution in [0.25, 0.3) is 0 Å².